The molecule has 0 aliphatic heterocycles. The van der Waals surface area contributed by atoms with Crippen molar-refractivity contribution in [2.75, 3.05) is 11.9 Å². The molecule has 3 aromatic rings. The summed E-state index contributed by atoms with van der Waals surface area (Å²) in [6.45, 7) is 0.712. The molecular formula is C23H29N5O5S2. The van der Waals surface area contributed by atoms with E-state index in [1.54, 1.807) is 0 Å². The van der Waals surface area contributed by atoms with Crippen molar-refractivity contribution in [1.82, 2.24) is 9.56 Å². The molecule has 0 aliphatic rings. The highest BCUT2D eigenvalue weighted by Crippen LogP contribution is 2.24. The summed E-state index contributed by atoms with van der Waals surface area (Å²) in [7, 11) is 0. The van der Waals surface area contributed by atoms with Crippen molar-refractivity contribution >= 4 is 40.7 Å². The van der Waals surface area contributed by atoms with Gasteiger partial charge in [-0.25, -0.2) is 15.6 Å². The second-order valence-corrected chi connectivity index (χ2v) is 8.67. The van der Waals surface area contributed by atoms with E-state index in [4.69, 9.17) is 21.0 Å². The normalized spacial score (nSPS) is 10.4. The second-order valence-electron chi connectivity index (χ2n) is 7.06. The molecule has 0 radical (unpaired) electrons. The molecule has 6 N–H and O–H groups in total. The molecule has 2 aromatic carbocycles. The van der Waals surface area contributed by atoms with Gasteiger partial charge in [-0.15, -0.1) is 11.3 Å². The van der Waals surface area contributed by atoms with Crippen LogP contribution in [0, 0.1) is 0 Å². The molecule has 12 heteroatoms. The molecule has 0 aliphatic carbocycles. The van der Waals surface area contributed by atoms with Crippen molar-refractivity contribution in [2.45, 2.75) is 32.3 Å². The van der Waals surface area contributed by atoms with Crippen LogP contribution in [-0.4, -0.2) is 33.4 Å². The summed E-state index contributed by atoms with van der Waals surface area (Å²) >= 11 is 2.10. The summed E-state index contributed by atoms with van der Waals surface area (Å²) in [6.07, 6.45) is 2.12. The van der Waals surface area contributed by atoms with E-state index in [0.29, 0.717) is 35.0 Å². The average molecular weight is 520 g/mol. The second kappa shape index (κ2) is 16.6. The van der Waals surface area contributed by atoms with Gasteiger partial charge < -0.3 is 15.8 Å². The maximum Gasteiger partial charge on any atom is 0.404 e. The Kier molecular flexibility index (Phi) is 13.4. The third-order valence-corrected chi connectivity index (χ3v) is 5.49. The SMILES string of the molecule is NC(=O)OCc1ccccc1.NN(O)SOCCCCCC(=O)Nc1nc(-c2ccccc2)cs1. The van der Waals surface area contributed by atoms with E-state index in [-0.39, 0.29) is 12.5 Å². The highest BCUT2D eigenvalue weighted by molar-refractivity contribution is 7.92. The number of ether oxygens (including phenoxy) is 1. The van der Waals surface area contributed by atoms with Crippen LogP contribution in [0.4, 0.5) is 9.93 Å². The Morgan fingerprint density at radius 1 is 1.06 bits per heavy atom. The fourth-order valence-electron chi connectivity index (χ4n) is 2.70. The Hall–Kier alpha value is -3.00. The van der Waals surface area contributed by atoms with Crippen LogP contribution in [-0.2, 0) is 20.3 Å². The van der Waals surface area contributed by atoms with Crippen molar-refractivity contribution in [3.8, 4) is 11.3 Å². The minimum atomic E-state index is -0.742. The first-order valence-electron chi connectivity index (χ1n) is 10.7. The Morgan fingerprint density at radius 3 is 2.40 bits per heavy atom. The van der Waals surface area contributed by atoms with Gasteiger partial charge in [0.2, 0.25) is 5.91 Å². The van der Waals surface area contributed by atoms with Crippen molar-refractivity contribution < 1.29 is 23.7 Å². The lowest BCUT2D eigenvalue weighted by Crippen LogP contribution is -2.18. The van der Waals surface area contributed by atoms with Gasteiger partial charge in [0.1, 0.15) is 18.8 Å². The number of unbranched alkanes of at least 4 members (excludes halogenated alkanes) is 2. The maximum absolute atomic E-state index is 11.9. The Bertz CT molecular complexity index is 1010. The zero-order chi connectivity index (χ0) is 25.3. The first kappa shape index (κ1) is 28.2. The molecule has 0 atom stereocenters. The molecule has 188 valence electrons. The van der Waals surface area contributed by atoms with E-state index in [0.717, 1.165) is 36.1 Å². The number of aromatic nitrogens is 1. The summed E-state index contributed by atoms with van der Waals surface area (Å²) in [5.74, 6) is 4.92. The van der Waals surface area contributed by atoms with Crippen LogP contribution in [0.15, 0.2) is 66.0 Å². The van der Waals surface area contributed by atoms with Crippen LogP contribution in [0.1, 0.15) is 31.2 Å². The summed E-state index contributed by atoms with van der Waals surface area (Å²) in [5.41, 5.74) is 7.61. The monoisotopic (exact) mass is 519 g/mol. The molecule has 0 saturated carbocycles. The molecular weight excluding hydrogens is 490 g/mol. The zero-order valence-electron chi connectivity index (χ0n) is 19.0. The topological polar surface area (TPSA) is 153 Å². The lowest BCUT2D eigenvalue weighted by atomic mass is 10.2. The smallest absolute Gasteiger partial charge is 0.404 e. The van der Waals surface area contributed by atoms with Crippen LogP contribution in [0.25, 0.3) is 11.3 Å². The molecule has 0 bridgehead atoms. The first-order valence-corrected chi connectivity index (χ1v) is 12.3. The van der Waals surface area contributed by atoms with E-state index >= 15 is 0 Å². The van der Waals surface area contributed by atoms with Crippen molar-refractivity contribution in [1.29, 1.82) is 0 Å². The van der Waals surface area contributed by atoms with Gasteiger partial charge >= 0.3 is 6.09 Å². The number of thiazole rings is 1. The van der Waals surface area contributed by atoms with Crippen LogP contribution >= 0.6 is 23.6 Å². The third kappa shape index (κ3) is 12.9. The molecule has 1 heterocycles. The summed E-state index contributed by atoms with van der Waals surface area (Å²) in [4.78, 5) is 26.5. The quantitative estimate of drug-likeness (QED) is 0.0874. The van der Waals surface area contributed by atoms with Crippen LogP contribution in [0.3, 0.4) is 0 Å². The Labute approximate surface area is 212 Å². The van der Waals surface area contributed by atoms with Gasteiger partial charge in [-0.3, -0.25) is 14.2 Å². The average Bonchev–Trinajstić information content (AvgIpc) is 3.32. The third-order valence-electron chi connectivity index (χ3n) is 4.30. The minimum absolute atomic E-state index is 0.0391. The van der Waals surface area contributed by atoms with Gasteiger partial charge in [0.25, 0.3) is 0 Å². The van der Waals surface area contributed by atoms with Crippen molar-refractivity contribution in [3.05, 3.63) is 71.6 Å². The molecule has 35 heavy (non-hydrogen) atoms. The summed E-state index contributed by atoms with van der Waals surface area (Å²) < 4.78 is 9.98. The number of rotatable bonds is 12. The molecule has 0 spiro atoms. The number of hydrazine groups is 1. The van der Waals surface area contributed by atoms with Gasteiger partial charge in [-0.1, -0.05) is 67.1 Å². The van der Waals surface area contributed by atoms with Crippen molar-refractivity contribution in [3.63, 3.8) is 0 Å². The number of amides is 2. The number of carbonyl (C=O) groups excluding carboxylic acids is 2. The number of hydrogen-bond donors (Lipinski definition) is 4. The molecule has 1 aromatic heterocycles. The van der Waals surface area contributed by atoms with E-state index in [1.165, 1.54) is 11.3 Å². The molecule has 3 rings (SSSR count). The van der Waals surface area contributed by atoms with Gasteiger partial charge in [-0.2, -0.15) is 0 Å². The summed E-state index contributed by atoms with van der Waals surface area (Å²) in [6, 6.07) is 19.2. The largest absolute Gasteiger partial charge is 0.445 e. The number of benzene rings is 2. The number of nitrogens with one attached hydrogen (secondary N) is 1. The first-order chi connectivity index (χ1) is 16.9. The lowest BCUT2D eigenvalue weighted by Gasteiger charge is -2.05. The number of nitrogens with zero attached hydrogens (tertiary/aromatic N) is 2. The number of carbonyl (C=O) groups is 2. The molecule has 0 fully saturated rings. The number of anilines is 1. The molecule has 0 saturated heterocycles. The molecule has 10 nitrogen and oxygen atoms in total. The van der Waals surface area contributed by atoms with E-state index in [2.05, 4.69) is 15.0 Å². The zero-order valence-corrected chi connectivity index (χ0v) is 20.7. The van der Waals surface area contributed by atoms with Crippen LogP contribution in [0.5, 0.6) is 0 Å². The van der Waals surface area contributed by atoms with Crippen molar-refractivity contribution in [2.24, 2.45) is 11.6 Å². The highest BCUT2D eigenvalue weighted by atomic mass is 32.2. The molecule has 2 amide bonds. The predicted octanol–water partition coefficient (Wildman–Crippen LogP) is 4.74. The fraction of sp³-hybridized carbons (Fsp3) is 0.261. The van der Waals surface area contributed by atoms with E-state index < -0.39 is 6.09 Å². The van der Waals surface area contributed by atoms with Gasteiger partial charge in [0.15, 0.2) is 5.13 Å². The standard InChI is InChI=1S/C15H20N4O3S2.C8H9NO2/c16-19(21)24-22-10-6-2-5-9-14(20)18-15-17-13(11-23-15)12-7-3-1-4-8-12;9-8(10)11-6-7-4-2-1-3-5-7/h1,3-4,7-8,11,21H,2,5-6,9-10,16H2,(H,17,18,20);1-5H,6H2,(H2,9,10). The predicted molar refractivity (Wildman–Crippen MR) is 137 cm³/mol. The van der Waals surface area contributed by atoms with Crippen LogP contribution in [0.2, 0.25) is 0 Å². The van der Waals surface area contributed by atoms with E-state index in [1.807, 2.05) is 66.0 Å². The minimum Gasteiger partial charge on any atom is -0.445 e. The van der Waals surface area contributed by atoms with Gasteiger partial charge in [-0.05, 0) is 23.0 Å². The number of hydrogen-bond acceptors (Lipinski definition) is 10. The lowest BCUT2D eigenvalue weighted by molar-refractivity contribution is -0.116. The summed E-state index contributed by atoms with van der Waals surface area (Å²) in [5, 5.41) is 14.0. The number of nitrogens with two attached hydrogens (primary N) is 2. The van der Waals surface area contributed by atoms with Gasteiger partial charge in [0, 0.05) is 17.4 Å². The number of primary amides is 1. The fourth-order valence-corrected chi connectivity index (χ4v) is 3.73. The van der Waals surface area contributed by atoms with Crippen LogP contribution < -0.4 is 16.9 Å². The molecule has 0 unspecified atom stereocenters. The highest BCUT2D eigenvalue weighted by Gasteiger charge is 2.08. The Balaban J connectivity index is 0.000000328. The maximum atomic E-state index is 11.9. The van der Waals surface area contributed by atoms with E-state index in [9.17, 15) is 9.59 Å². The van der Waals surface area contributed by atoms with Gasteiger partial charge in [0.05, 0.1) is 12.3 Å². The Morgan fingerprint density at radius 2 is 1.74 bits per heavy atom.